The molecule has 0 saturated carbocycles. The molecule has 6 nitrogen and oxygen atoms in total. The van der Waals surface area contributed by atoms with E-state index < -0.39 is 0 Å². The summed E-state index contributed by atoms with van der Waals surface area (Å²) in [7, 11) is 6.13. The first-order chi connectivity index (χ1) is 9.10. The van der Waals surface area contributed by atoms with Crippen LogP contribution in [0.2, 0.25) is 0 Å². The van der Waals surface area contributed by atoms with Crippen molar-refractivity contribution in [2.75, 3.05) is 28.4 Å². The molecule has 0 unspecified atom stereocenters. The smallest absolute Gasteiger partial charge is 0.293 e. The van der Waals surface area contributed by atoms with Gasteiger partial charge in [-0.3, -0.25) is 9.63 Å². The molecule has 1 N–H and O–H groups in total. The Kier molecular flexibility index (Phi) is 3.62. The maximum absolute atomic E-state index is 12.0. The average molecular weight is 264 g/mol. The second-order valence-corrected chi connectivity index (χ2v) is 3.96. The number of nitrogens with zero attached hydrogens (tertiary/aromatic N) is 1. The zero-order valence-corrected chi connectivity index (χ0v) is 11.3. The minimum Gasteiger partial charge on any atom is -0.497 e. The maximum atomic E-state index is 12.0. The molecule has 0 bridgehead atoms. The van der Waals surface area contributed by atoms with Crippen molar-refractivity contribution in [3.63, 3.8) is 0 Å². The number of rotatable bonds is 4. The van der Waals surface area contributed by atoms with Gasteiger partial charge in [0, 0.05) is 18.5 Å². The van der Waals surface area contributed by atoms with E-state index in [1.54, 1.807) is 33.4 Å². The SMILES string of the molecule is COc1cc(OC)c2[nH]c(C(=O)N(C)OC)cc2c1. The summed E-state index contributed by atoms with van der Waals surface area (Å²) in [6.45, 7) is 0. The molecule has 0 aliphatic rings. The van der Waals surface area contributed by atoms with E-state index >= 15 is 0 Å². The number of amides is 1. The molecule has 0 radical (unpaired) electrons. The predicted molar refractivity (Wildman–Crippen MR) is 70.5 cm³/mol. The molecule has 0 saturated heterocycles. The minimum absolute atomic E-state index is 0.264. The molecule has 0 aliphatic carbocycles. The van der Waals surface area contributed by atoms with Crippen molar-refractivity contribution < 1.29 is 19.1 Å². The van der Waals surface area contributed by atoms with E-state index in [0.29, 0.717) is 17.2 Å². The van der Waals surface area contributed by atoms with E-state index in [4.69, 9.17) is 14.3 Å². The lowest BCUT2D eigenvalue weighted by Crippen LogP contribution is -2.25. The van der Waals surface area contributed by atoms with Crippen molar-refractivity contribution in [2.24, 2.45) is 0 Å². The lowest BCUT2D eigenvalue weighted by Gasteiger charge is -2.11. The van der Waals surface area contributed by atoms with Gasteiger partial charge in [0.25, 0.3) is 5.91 Å². The van der Waals surface area contributed by atoms with Crippen molar-refractivity contribution in [3.8, 4) is 11.5 Å². The van der Waals surface area contributed by atoms with Crippen molar-refractivity contribution >= 4 is 16.8 Å². The number of hydrogen-bond donors (Lipinski definition) is 1. The van der Waals surface area contributed by atoms with E-state index in [0.717, 1.165) is 16.0 Å². The third-order valence-electron chi connectivity index (χ3n) is 2.91. The largest absolute Gasteiger partial charge is 0.497 e. The van der Waals surface area contributed by atoms with Crippen LogP contribution in [-0.4, -0.2) is 44.3 Å². The number of aromatic nitrogens is 1. The number of methoxy groups -OCH3 is 2. The first-order valence-corrected chi connectivity index (χ1v) is 5.67. The molecule has 1 heterocycles. The van der Waals surface area contributed by atoms with Gasteiger partial charge in [-0.1, -0.05) is 0 Å². The molecular weight excluding hydrogens is 248 g/mol. The van der Waals surface area contributed by atoms with Crippen molar-refractivity contribution in [2.45, 2.75) is 0 Å². The van der Waals surface area contributed by atoms with Crippen LogP contribution < -0.4 is 9.47 Å². The standard InChI is InChI=1S/C13H16N2O4/c1-15(19-4)13(16)10-6-8-5-9(17-2)7-11(18-3)12(8)14-10/h5-7,14H,1-4H3. The monoisotopic (exact) mass is 264 g/mol. The molecule has 102 valence electrons. The number of carbonyl (C=O) groups is 1. The maximum Gasteiger partial charge on any atom is 0.293 e. The van der Waals surface area contributed by atoms with E-state index in [9.17, 15) is 4.79 Å². The quantitative estimate of drug-likeness (QED) is 0.855. The van der Waals surface area contributed by atoms with Gasteiger partial charge in [-0.2, -0.15) is 0 Å². The third kappa shape index (κ3) is 2.34. The highest BCUT2D eigenvalue weighted by Crippen LogP contribution is 2.31. The second-order valence-electron chi connectivity index (χ2n) is 3.96. The normalized spacial score (nSPS) is 10.5. The van der Waals surface area contributed by atoms with Crippen molar-refractivity contribution in [3.05, 3.63) is 23.9 Å². The number of H-pyrrole nitrogens is 1. The van der Waals surface area contributed by atoms with E-state index in [1.165, 1.54) is 7.11 Å². The van der Waals surface area contributed by atoms with Gasteiger partial charge in [0.1, 0.15) is 17.2 Å². The van der Waals surface area contributed by atoms with Crippen LogP contribution in [0.5, 0.6) is 11.5 Å². The number of nitrogens with one attached hydrogen (secondary N) is 1. The Morgan fingerprint density at radius 2 is 1.89 bits per heavy atom. The predicted octanol–water partition coefficient (Wildman–Crippen LogP) is 1.82. The zero-order valence-electron chi connectivity index (χ0n) is 11.3. The molecule has 0 atom stereocenters. The van der Waals surface area contributed by atoms with Crippen LogP contribution in [0.4, 0.5) is 0 Å². The Balaban J connectivity index is 2.53. The van der Waals surface area contributed by atoms with E-state index in [-0.39, 0.29) is 5.91 Å². The summed E-state index contributed by atoms with van der Waals surface area (Å²) < 4.78 is 10.5. The topological polar surface area (TPSA) is 63.8 Å². The van der Waals surface area contributed by atoms with Crippen LogP contribution in [0.25, 0.3) is 10.9 Å². The summed E-state index contributed by atoms with van der Waals surface area (Å²) in [5, 5.41) is 1.98. The first-order valence-electron chi connectivity index (χ1n) is 5.67. The van der Waals surface area contributed by atoms with Crippen LogP contribution in [0.1, 0.15) is 10.5 Å². The number of hydrogen-bond acceptors (Lipinski definition) is 4. The fourth-order valence-corrected chi connectivity index (χ4v) is 1.83. The van der Waals surface area contributed by atoms with Crippen LogP contribution in [-0.2, 0) is 4.84 Å². The molecule has 1 amide bonds. The molecule has 0 spiro atoms. The highest BCUT2D eigenvalue weighted by Gasteiger charge is 2.16. The van der Waals surface area contributed by atoms with Crippen LogP contribution in [0.15, 0.2) is 18.2 Å². The number of benzene rings is 1. The molecule has 2 rings (SSSR count). The van der Waals surface area contributed by atoms with Crippen LogP contribution >= 0.6 is 0 Å². The Labute approximate surface area is 110 Å². The lowest BCUT2D eigenvalue weighted by atomic mass is 10.2. The third-order valence-corrected chi connectivity index (χ3v) is 2.91. The van der Waals surface area contributed by atoms with Gasteiger partial charge < -0.3 is 14.5 Å². The number of carbonyl (C=O) groups excluding carboxylic acids is 1. The second kappa shape index (κ2) is 5.19. The number of ether oxygens (including phenoxy) is 2. The first kappa shape index (κ1) is 13.2. The van der Waals surface area contributed by atoms with Gasteiger partial charge in [-0.15, -0.1) is 0 Å². The molecule has 0 fully saturated rings. The summed E-state index contributed by atoms with van der Waals surface area (Å²) in [6, 6.07) is 5.32. The minimum atomic E-state index is -0.264. The van der Waals surface area contributed by atoms with Gasteiger partial charge in [-0.25, -0.2) is 5.06 Å². The molecule has 0 aliphatic heterocycles. The van der Waals surface area contributed by atoms with Gasteiger partial charge in [0.2, 0.25) is 0 Å². The Hall–Kier alpha value is -2.21. The fourth-order valence-electron chi connectivity index (χ4n) is 1.83. The number of hydroxylamine groups is 2. The fraction of sp³-hybridized carbons (Fsp3) is 0.308. The van der Waals surface area contributed by atoms with Crippen molar-refractivity contribution in [1.82, 2.24) is 10.0 Å². The van der Waals surface area contributed by atoms with Gasteiger partial charge in [0.05, 0.1) is 26.8 Å². The van der Waals surface area contributed by atoms with E-state index in [1.807, 2.05) is 6.07 Å². The van der Waals surface area contributed by atoms with Crippen molar-refractivity contribution in [1.29, 1.82) is 0 Å². The zero-order chi connectivity index (χ0) is 14.0. The Morgan fingerprint density at radius 3 is 2.47 bits per heavy atom. The Morgan fingerprint density at radius 1 is 1.16 bits per heavy atom. The highest BCUT2D eigenvalue weighted by atomic mass is 16.7. The average Bonchev–Trinajstić information content (AvgIpc) is 2.87. The summed E-state index contributed by atoms with van der Waals surface area (Å²) in [4.78, 5) is 19.9. The summed E-state index contributed by atoms with van der Waals surface area (Å²) in [6.07, 6.45) is 0. The molecule has 2 aromatic rings. The summed E-state index contributed by atoms with van der Waals surface area (Å²) in [5.74, 6) is 1.02. The number of fused-ring (bicyclic) bond motifs is 1. The van der Waals surface area contributed by atoms with Crippen LogP contribution in [0, 0.1) is 0 Å². The van der Waals surface area contributed by atoms with Crippen LogP contribution in [0.3, 0.4) is 0 Å². The summed E-state index contributed by atoms with van der Waals surface area (Å²) in [5.41, 5.74) is 1.17. The molecule has 1 aromatic heterocycles. The number of aromatic amines is 1. The van der Waals surface area contributed by atoms with E-state index in [2.05, 4.69) is 4.98 Å². The molecular formula is C13H16N2O4. The highest BCUT2D eigenvalue weighted by molar-refractivity contribution is 5.99. The molecule has 1 aromatic carbocycles. The summed E-state index contributed by atoms with van der Waals surface area (Å²) >= 11 is 0. The van der Waals surface area contributed by atoms with Gasteiger partial charge in [0.15, 0.2) is 0 Å². The Bertz CT molecular complexity index is 606. The van der Waals surface area contributed by atoms with Gasteiger partial charge >= 0.3 is 0 Å². The lowest BCUT2D eigenvalue weighted by molar-refractivity contribution is -0.0759. The molecule has 19 heavy (non-hydrogen) atoms. The van der Waals surface area contributed by atoms with Gasteiger partial charge in [-0.05, 0) is 12.1 Å². The molecule has 6 heteroatoms.